The van der Waals surface area contributed by atoms with Crippen molar-refractivity contribution >= 4 is 11.9 Å². The van der Waals surface area contributed by atoms with Crippen LogP contribution in [0.4, 0.5) is 5.95 Å². The molecular weight excluding hydrogens is 314 g/mol. The fourth-order valence-corrected chi connectivity index (χ4v) is 2.68. The number of aryl methyl sites for hydroxylation is 1. The maximum Gasteiger partial charge on any atom is 0.257 e. The lowest BCUT2D eigenvalue weighted by Gasteiger charge is -2.31. The number of hydrogen-bond donors (Lipinski definition) is 0. The van der Waals surface area contributed by atoms with Crippen molar-refractivity contribution in [2.24, 2.45) is 0 Å². The zero-order valence-corrected chi connectivity index (χ0v) is 15.9. The Balaban J connectivity index is 2.32. The first-order valence-electron chi connectivity index (χ1n) is 8.29. The molecule has 0 saturated carbocycles. The van der Waals surface area contributed by atoms with Gasteiger partial charge >= 0.3 is 0 Å². The molecule has 1 atom stereocenters. The fourth-order valence-electron chi connectivity index (χ4n) is 2.68. The number of carbonyl (C=O) groups is 1. The van der Waals surface area contributed by atoms with Gasteiger partial charge in [-0.15, -0.1) is 0 Å². The molecule has 25 heavy (non-hydrogen) atoms. The molecule has 0 saturated heterocycles. The molecule has 0 aliphatic rings. The van der Waals surface area contributed by atoms with E-state index in [9.17, 15) is 4.79 Å². The molecule has 1 aromatic heterocycles. The molecule has 6 nitrogen and oxygen atoms in total. The van der Waals surface area contributed by atoms with Crippen LogP contribution in [0.5, 0.6) is 0 Å². The number of rotatable bonds is 6. The Hall–Kier alpha value is -2.47. The van der Waals surface area contributed by atoms with Gasteiger partial charge in [0.1, 0.15) is 0 Å². The van der Waals surface area contributed by atoms with Gasteiger partial charge in [-0.3, -0.25) is 4.79 Å². The molecule has 0 spiro atoms. The summed E-state index contributed by atoms with van der Waals surface area (Å²) in [4.78, 5) is 27.5. The molecule has 2 aromatic rings. The van der Waals surface area contributed by atoms with Crippen LogP contribution in [0.3, 0.4) is 0 Å². The monoisotopic (exact) mass is 341 g/mol. The SMILES string of the molecule is Cc1nc(N(C)C)ncc1C(=O)N(C)C(CN(C)C)c1ccccc1. The molecule has 0 aliphatic heterocycles. The molecule has 1 heterocycles. The molecule has 1 unspecified atom stereocenters. The van der Waals surface area contributed by atoms with Crippen molar-refractivity contribution in [2.75, 3.05) is 46.7 Å². The first kappa shape index (κ1) is 18.9. The second-order valence-corrected chi connectivity index (χ2v) is 6.67. The van der Waals surface area contributed by atoms with Gasteiger partial charge in [-0.25, -0.2) is 9.97 Å². The van der Waals surface area contributed by atoms with Crippen molar-refractivity contribution in [3.05, 3.63) is 53.3 Å². The molecule has 6 heteroatoms. The Labute approximate surface area is 150 Å². The van der Waals surface area contributed by atoms with E-state index in [-0.39, 0.29) is 11.9 Å². The Kier molecular flexibility index (Phi) is 6.09. The van der Waals surface area contributed by atoms with Crippen molar-refractivity contribution in [2.45, 2.75) is 13.0 Å². The third kappa shape index (κ3) is 4.54. The summed E-state index contributed by atoms with van der Waals surface area (Å²) in [6.07, 6.45) is 1.62. The second-order valence-electron chi connectivity index (χ2n) is 6.67. The highest BCUT2D eigenvalue weighted by Crippen LogP contribution is 2.23. The smallest absolute Gasteiger partial charge is 0.257 e. The zero-order valence-electron chi connectivity index (χ0n) is 15.9. The number of likely N-dealkylation sites (N-methyl/N-ethyl adjacent to an activating group) is 2. The van der Waals surface area contributed by atoms with Crippen LogP contribution in [0.15, 0.2) is 36.5 Å². The average molecular weight is 341 g/mol. The predicted molar refractivity (Wildman–Crippen MR) is 101 cm³/mol. The van der Waals surface area contributed by atoms with Crippen LogP contribution in [-0.4, -0.2) is 67.5 Å². The molecule has 1 amide bonds. The van der Waals surface area contributed by atoms with Gasteiger partial charge in [0.05, 0.1) is 17.3 Å². The summed E-state index contributed by atoms with van der Waals surface area (Å²) < 4.78 is 0. The lowest BCUT2D eigenvalue weighted by atomic mass is 10.0. The van der Waals surface area contributed by atoms with Crippen LogP contribution in [0, 0.1) is 6.92 Å². The minimum atomic E-state index is -0.0708. The summed E-state index contributed by atoms with van der Waals surface area (Å²) in [5, 5.41) is 0. The highest BCUT2D eigenvalue weighted by atomic mass is 16.2. The summed E-state index contributed by atoms with van der Waals surface area (Å²) >= 11 is 0. The number of benzene rings is 1. The fraction of sp³-hybridized carbons (Fsp3) is 0.421. The van der Waals surface area contributed by atoms with Crippen molar-refractivity contribution in [1.29, 1.82) is 0 Å². The van der Waals surface area contributed by atoms with E-state index in [1.54, 1.807) is 11.1 Å². The minimum absolute atomic E-state index is 0.0448. The normalized spacial score (nSPS) is 12.1. The van der Waals surface area contributed by atoms with Crippen LogP contribution in [0.2, 0.25) is 0 Å². The molecule has 0 N–H and O–H groups in total. The molecular formula is C19H27N5O. The van der Waals surface area contributed by atoms with E-state index in [2.05, 4.69) is 27.0 Å². The van der Waals surface area contributed by atoms with Crippen molar-refractivity contribution in [3.8, 4) is 0 Å². The highest BCUT2D eigenvalue weighted by molar-refractivity contribution is 5.95. The van der Waals surface area contributed by atoms with Gasteiger partial charge in [-0.05, 0) is 26.6 Å². The third-order valence-corrected chi connectivity index (χ3v) is 4.11. The topological polar surface area (TPSA) is 52.6 Å². The Morgan fingerprint density at radius 3 is 2.24 bits per heavy atom. The third-order valence-electron chi connectivity index (χ3n) is 4.11. The van der Waals surface area contributed by atoms with E-state index in [1.165, 1.54) is 0 Å². The molecule has 0 bridgehead atoms. The van der Waals surface area contributed by atoms with Crippen molar-refractivity contribution in [3.63, 3.8) is 0 Å². The standard InChI is InChI=1S/C19H27N5O/c1-14-16(12-20-19(21-14)23(4)5)18(25)24(6)17(13-22(2)3)15-10-8-7-9-11-15/h7-12,17H,13H2,1-6H3. The van der Waals surface area contributed by atoms with Gasteiger partial charge < -0.3 is 14.7 Å². The summed E-state index contributed by atoms with van der Waals surface area (Å²) in [7, 11) is 9.61. The van der Waals surface area contributed by atoms with Gasteiger partial charge in [-0.2, -0.15) is 0 Å². The summed E-state index contributed by atoms with van der Waals surface area (Å²) in [6, 6.07) is 10.0. The molecule has 134 valence electrons. The molecule has 0 fully saturated rings. The Morgan fingerprint density at radius 1 is 1.08 bits per heavy atom. The predicted octanol–water partition coefficient (Wildman–Crippen LogP) is 2.23. The van der Waals surface area contributed by atoms with Gasteiger partial charge in [0.2, 0.25) is 5.95 Å². The van der Waals surface area contributed by atoms with Gasteiger partial charge in [0.15, 0.2) is 0 Å². The quantitative estimate of drug-likeness (QED) is 0.806. The first-order chi connectivity index (χ1) is 11.8. The number of aromatic nitrogens is 2. The average Bonchev–Trinajstić information content (AvgIpc) is 2.59. The lowest BCUT2D eigenvalue weighted by molar-refractivity contribution is 0.0703. The van der Waals surface area contributed by atoms with E-state index < -0.39 is 0 Å². The van der Waals surface area contributed by atoms with Crippen LogP contribution in [0.25, 0.3) is 0 Å². The van der Waals surface area contributed by atoms with E-state index >= 15 is 0 Å². The van der Waals surface area contributed by atoms with Crippen molar-refractivity contribution in [1.82, 2.24) is 19.8 Å². The van der Waals surface area contributed by atoms with E-state index in [1.807, 2.05) is 65.3 Å². The van der Waals surface area contributed by atoms with Crippen LogP contribution < -0.4 is 4.90 Å². The number of amides is 1. The van der Waals surface area contributed by atoms with E-state index in [0.29, 0.717) is 17.2 Å². The largest absolute Gasteiger partial charge is 0.347 e. The van der Waals surface area contributed by atoms with Crippen LogP contribution in [-0.2, 0) is 0 Å². The van der Waals surface area contributed by atoms with Gasteiger partial charge in [0.25, 0.3) is 5.91 Å². The molecule has 0 radical (unpaired) electrons. The molecule has 2 rings (SSSR count). The van der Waals surface area contributed by atoms with Crippen molar-refractivity contribution < 1.29 is 4.79 Å². The Morgan fingerprint density at radius 2 is 1.72 bits per heavy atom. The number of nitrogens with zero attached hydrogens (tertiary/aromatic N) is 5. The Bertz CT molecular complexity index is 715. The van der Waals surface area contributed by atoms with E-state index in [0.717, 1.165) is 12.1 Å². The maximum atomic E-state index is 13.1. The highest BCUT2D eigenvalue weighted by Gasteiger charge is 2.25. The molecule has 1 aromatic carbocycles. The van der Waals surface area contributed by atoms with Crippen LogP contribution >= 0.6 is 0 Å². The summed E-state index contributed by atoms with van der Waals surface area (Å²) in [5.74, 6) is 0.531. The number of anilines is 1. The van der Waals surface area contributed by atoms with E-state index in [4.69, 9.17) is 0 Å². The number of hydrogen-bond acceptors (Lipinski definition) is 5. The number of carbonyl (C=O) groups excluding carboxylic acids is 1. The minimum Gasteiger partial charge on any atom is -0.347 e. The second kappa shape index (κ2) is 8.07. The van der Waals surface area contributed by atoms with Crippen LogP contribution in [0.1, 0.15) is 27.7 Å². The lowest BCUT2D eigenvalue weighted by Crippen LogP contribution is -2.37. The zero-order chi connectivity index (χ0) is 18.6. The summed E-state index contributed by atoms with van der Waals surface area (Å²) in [5.41, 5.74) is 2.33. The maximum absolute atomic E-state index is 13.1. The van der Waals surface area contributed by atoms with Gasteiger partial charge in [0, 0.05) is 33.9 Å². The summed E-state index contributed by atoms with van der Waals surface area (Å²) in [6.45, 7) is 2.58. The van der Waals surface area contributed by atoms with Gasteiger partial charge in [-0.1, -0.05) is 30.3 Å². The first-order valence-corrected chi connectivity index (χ1v) is 8.29. The molecule has 0 aliphatic carbocycles.